The van der Waals surface area contributed by atoms with Gasteiger partial charge in [0.1, 0.15) is 12.0 Å². The van der Waals surface area contributed by atoms with Gasteiger partial charge >= 0.3 is 0 Å². The summed E-state index contributed by atoms with van der Waals surface area (Å²) in [6.07, 6.45) is 0.234. The van der Waals surface area contributed by atoms with Crippen LogP contribution in [-0.2, 0) is 4.79 Å². The van der Waals surface area contributed by atoms with Crippen LogP contribution in [0.1, 0.15) is 75.5 Å². The third-order valence-electron chi connectivity index (χ3n) is 7.05. The van der Waals surface area contributed by atoms with Gasteiger partial charge in [0.15, 0.2) is 5.96 Å². The summed E-state index contributed by atoms with van der Waals surface area (Å²) in [5.74, 6) is 1.27. The van der Waals surface area contributed by atoms with Crippen LogP contribution in [0, 0.1) is 5.92 Å². The van der Waals surface area contributed by atoms with Gasteiger partial charge in [-0.15, -0.1) is 0 Å². The first-order chi connectivity index (χ1) is 15.7. The van der Waals surface area contributed by atoms with E-state index in [4.69, 9.17) is 10.5 Å². The highest BCUT2D eigenvalue weighted by atomic mass is 16.5. The largest absolute Gasteiger partial charge is 0.493 e. The molecule has 0 spiro atoms. The number of carbonyl (C=O) groups excluding carboxylic acids is 1. The highest BCUT2D eigenvalue weighted by molar-refractivity contribution is 5.99. The van der Waals surface area contributed by atoms with Crippen molar-refractivity contribution >= 4 is 11.9 Å². The van der Waals surface area contributed by atoms with Gasteiger partial charge in [-0.05, 0) is 43.0 Å². The fourth-order valence-electron chi connectivity index (χ4n) is 4.56. The number of nitrogens with one attached hydrogen (secondary N) is 1. The summed E-state index contributed by atoms with van der Waals surface area (Å²) in [4.78, 5) is 19.3. The molecule has 33 heavy (non-hydrogen) atoms. The molecule has 2 aromatic carbocycles. The van der Waals surface area contributed by atoms with E-state index in [1.807, 2.05) is 62.4 Å². The Labute approximate surface area is 195 Å². The molecule has 7 nitrogen and oxygen atoms in total. The number of nitrogens with zero attached hydrogens (tertiary/aromatic N) is 2. The second kappa shape index (κ2) is 9.15. The molecule has 2 heterocycles. The van der Waals surface area contributed by atoms with Crippen LogP contribution in [0.15, 0.2) is 53.5 Å². The topological polar surface area (TPSA) is 100 Å². The maximum Gasteiger partial charge on any atom is 0.232 e. The molecule has 1 amide bonds. The molecule has 0 bridgehead atoms. The van der Waals surface area contributed by atoms with Crippen LogP contribution in [0.3, 0.4) is 0 Å². The third kappa shape index (κ3) is 4.61. The summed E-state index contributed by atoms with van der Waals surface area (Å²) < 4.78 is 5.73. The lowest BCUT2D eigenvalue weighted by molar-refractivity contribution is -0.131. The van der Waals surface area contributed by atoms with E-state index in [1.165, 1.54) is 0 Å². The highest BCUT2D eigenvalue weighted by Crippen LogP contribution is 2.35. The minimum absolute atomic E-state index is 0.00816. The summed E-state index contributed by atoms with van der Waals surface area (Å²) in [6, 6.07) is 15.2. The van der Waals surface area contributed by atoms with Crippen LogP contribution in [0.5, 0.6) is 5.75 Å². The lowest BCUT2D eigenvalue weighted by atomic mass is 9.84. The number of benzene rings is 2. The lowest BCUT2D eigenvalue weighted by Crippen LogP contribution is -2.52. The normalized spacial score (nSPS) is 24.7. The van der Waals surface area contributed by atoms with Gasteiger partial charge in [0.05, 0.1) is 24.6 Å². The molecule has 2 aliphatic rings. The van der Waals surface area contributed by atoms with Gasteiger partial charge in [-0.25, -0.2) is 4.99 Å². The van der Waals surface area contributed by atoms with E-state index in [0.29, 0.717) is 13.0 Å². The van der Waals surface area contributed by atoms with Crippen molar-refractivity contribution in [2.45, 2.75) is 64.4 Å². The zero-order valence-electron chi connectivity index (χ0n) is 19.8. The van der Waals surface area contributed by atoms with E-state index in [-0.39, 0.29) is 29.9 Å². The first kappa shape index (κ1) is 23.3. The van der Waals surface area contributed by atoms with Crippen LogP contribution >= 0.6 is 0 Å². The first-order valence-corrected chi connectivity index (χ1v) is 11.6. The van der Waals surface area contributed by atoms with Crippen LogP contribution in [0.25, 0.3) is 0 Å². The number of guanidine groups is 1. The van der Waals surface area contributed by atoms with Crippen molar-refractivity contribution in [3.05, 3.63) is 65.2 Å². The standard InChI is InChI=1S/C26H34N4O3/c1-16(2)26(4)15-23(31)30(25(27)29-26)17(3)18-8-7-9-19(14-18)24(32)28-21-12-13-33-22-11-6-5-10-20(21)22/h5-11,14,16-17,21,24,28,32H,12-13,15H2,1-4H3,(H2,27,29)/t17?,21-,24?,26-/m0/s1. The Balaban J connectivity index is 1.53. The molecule has 176 valence electrons. The average Bonchev–Trinajstić information content (AvgIpc) is 2.78. The number of rotatable bonds is 6. The molecule has 0 aromatic heterocycles. The number of amides is 1. The molecule has 0 radical (unpaired) electrons. The Morgan fingerprint density at radius 2 is 1.91 bits per heavy atom. The number of aliphatic hydroxyl groups is 1. The summed E-state index contributed by atoms with van der Waals surface area (Å²) in [7, 11) is 0. The van der Waals surface area contributed by atoms with E-state index in [2.05, 4.69) is 24.2 Å². The predicted molar refractivity (Wildman–Crippen MR) is 129 cm³/mol. The highest BCUT2D eigenvalue weighted by Gasteiger charge is 2.40. The molecule has 0 saturated carbocycles. The van der Waals surface area contributed by atoms with E-state index in [1.54, 1.807) is 4.90 Å². The zero-order chi connectivity index (χ0) is 23.8. The van der Waals surface area contributed by atoms with E-state index < -0.39 is 11.8 Å². The summed E-state index contributed by atoms with van der Waals surface area (Å²) >= 11 is 0. The van der Waals surface area contributed by atoms with Crippen LogP contribution in [0.2, 0.25) is 0 Å². The predicted octanol–water partition coefficient (Wildman–Crippen LogP) is 3.81. The van der Waals surface area contributed by atoms with Gasteiger partial charge in [-0.1, -0.05) is 50.2 Å². The molecule has 0 saturated heterocycles. The molecule has 2 aromatic rings. The van der Waals surface area contributed by atoms with Gasteiger partial charge in [-0.2, -0.15) is 0 Å². The summed E-state index contributed by atoms with van der Waals surface area (Å²) in [6.45, 7) is 8.62. The monoisotopic (exact) mass is 450 g/mol. The number of aliphatic hydroxyl groups excluding tert-OH is 1. The van der Waals surface area contributed by atoms with Crippen molar-refractivity contribution in [2.75, 3.05) is 6.61 Å². The molecule has 2 aliphatic heterocycles. The molecular formula is C26H34N4O3. The lowest BCUT2D eigenvalue weighted by Gasteiger charge is -2.40. The second-order valence-corrected chi connectivity index (χ2v) is 9.57. The van der Waals surface area contributed by atoms with Gasteiger partial charge in [0.2, 0.25) is 5.91 Å². The first-order valence-electron chi connectivity index (χ1n) is 11.6. The molecule has 7 heteroatoms. The number of para-hydroxylation sites is 1. The number of aliphatic imine (C=N–C) groups is 1. The van der Waals surface area contributed by atoms with E-state index >= 15 is 0 Å². The van der Waals surface area contributed by atoms with Gasteiger partial charge in [-0.3, -0.25) is 15.0 Å². The molecular weight excluding hydrogens is 416 g/mol. The molecule has 4 N–H and O–H groups in total. The average molecular weight is 451 g/mol. The third-order valence-corrected chi connectivity index (χ3v) is 7.05. The van der Waals surface area contributed by atoms with Crippen LogP contribution in [-0.4, -0.2) is 34.0 Å². The fraction of sp³-hybridized carbons (Fsp3) is 0.462. The molecule has 4 rings (SSSR count). The van der Waals surface area contributed by atoms with Crippen molar-refractivity contribution < 1.29 is 14.6 Å². The number of ether oxygens (including phenoxy) is 1. The Kier molecular flexibility index (Phi) is 6.45. The Morgan fingerprint density at radius 3 is 2.64 bits per heavy atom. The maximum absolute atomic E-state index is 13.0. The van der Waals surface area contributed by atoms with Crippen molar-refractivity contribution in [1.82, 2.24) is 10.2 Å². The molecule has 2 unspecified atom stereocenters. The molecule has 4 atom stereocenters. The fourth-order valence-corrected chi connectivity index (χ4v) is 4.56. The number of fused-ring (bicyclic) bond motifs is 1. The molecule has 0 fully saturated rings. The zero-order valence-corrected chi connectivity index (χ0v) is 19.8. The summed E-state index contributed by atoms with van der Waals surface area (Å²) in [5.41, 5.74) is 8.45. The smallest absolute Gasteiger partial charge is 0.232 e. The SMILES string of the molecule is CC(c1cccc(C(O)N[C@H]2CCOc3ccccc32)c1)N1C(=O)C[C@@](C)(C(C)C)N=C1N. The van der Waals surface area contributed by atoms with Gasteiger partial charge in [0.25, 0.3) is 0 Å². The van der Waals surface area contributed by atoms with Crippen molar-refractivity contribution in [3.8, 4) is 5.75 Å². The molecule has 0 aliphatic carbocycles. The maximum atomic E-state index is 13.0. The minimum Gasteiger partial charge on any atom is -0.493 e. The quantitative estimate of drug-likeness (QED) is 0.581. The van der Waals surface area contributed by atoms with Crippen molar-refractivity contribution in [3.63, 3.8) is 0 Å². The Morgan fingerprint density at radius 1 is 1.18 bits per heavy atom. The number of nitrogens with two attached hydrogens (primary N) is 1. The van der Waals surface area contributed by atoms with Gasteiger partial charge < -0.3 is 15.6 Å². The van der Waals surface area contributed by atoms with Crippen molar-refractivity contribution in [1.29, 1.82) is 0 Å². The van der Waals surface area contributed by atoms with Crippen LogP contribution < -0.4 is 15.8 Å². The second-order valence-electron chi connectivity index (χ2n) is 9.57. The Bertz CT molecular complexity index is 1050. The summed E-state index contributed by atoms with van der Waals surface area (Å²) in [5, 5.41) is 14.3. The number of carbonyl (C=O) groups is 1. The number of hydrogen-bond acceptors (Lipinski definition) is 6. The van der Waals surface area contributed by atoms with Gasteiger partial charge in [0, 0.05) is 18.0 Å². The minimum atomic E-state index is -0.861. The van der Waals surface area contributed by atoms with Crippen molar-refractivity contribution in [2.24, 2.45) is 16.6 Å². The Hall–Kier alpha value is -2.90. The van der Waals surface area contributed by atoms with E-state index in [0.717, 1.165) is 28.9 Å². The van der Waals surface area contributed by atoms with Crippen LogP contribution in [0.4, 0.5) is 0 Å². The van der Waals surface area contributed by atoms with E-state index in [9.17, 15) is 9.90 Å². The number of hydrogen-bond donors (Lipinski definition) is 3.